The summed E-state index contributed by atoms with van der Waals surface area (Å²) in [6.07, 6.45) is 0. The molecule has 0 amide bonds. The van der Waals surface area contributed by atoms with Gasteiger partial charge in [-0.1, -0.05) is 0 Å². The lowest BCUT2D eigenvalue weighted by molar-refractivity contribution is 0.312. The lowest BCUT2D eigenvalue weighted by Crippen LogP contribution is -2.00. The molecule has 60 valence electrons. The molecule has 4 nitrogen and oxygen atoms in total. The predicted octanol–water partition coefficient (Wildman–Crippen LogP) is 1.22. The first-order valence-electron chi connectivity index (χ1n) is 3.15. The van der Waals surface area contributed by atoms with Crippen LogP contribution in [0.2, 0.25) is 0 Å². The minimum atomic E-state index is 0.305. The molecule has 0 aliphatic carbocycles. The Morgan fingerprint density at radius 2 is 2.36 bits per heavy atom. The molecule has 1 aromatic heterocycles. The summed E-state index contributed by atoms with van der Waals surface area (Å²) < 4.78 is 5.67. The van der Waals surface area contributed by atoms with Crippen LogP contribution >= 0.6 is 15.9 Å². The van der Waals surface area contributed by atoms with Crippen LogP contribution in [-0.2, 0) is 0 Å². The Kier molecular flexibility index (Phi) is 2.64. The fraction of sp³-hybridized carbons (Fsp3) is 0.333. The summed E-state index contributed by atoms with van der Waals surface area (Å²) in [7, 11) is 0. The number of aromatic nitrogens is 2. The third kappa shape index (κ3) is 2.34. The van der Waals surface area contributed by atoms with Gasteiger partial charge in [0.1, 0.15) is 10.4 Å². The van der Waals surface area contributed by atoms with Gasteiger partial charge in [-0.2, -0.15) is 9.97 Å². The summed E-state index contributed by atoms with van der Waals surface area (Å²) in [5.74, 6) is 0.398. The Morgan fingerprint density at radius 1 is 1.64 bits per heavy atom. The van der Waals surface area contributed by atoms with E-state index in [0.29, 0.717) is 23.0 Å². The SMILES string of the molecule is CCOc1nc(N)cc(Br)n1. The van der Waals surface area contributed by atoms with Crippen molar-refractivity contribution in [1.29, 1.82) is 0 Å². The Hall–Kier alpha value is -0.840. The molecule has 0 aliphatic rings. The number of hydrogen-bond acceptors (Lipinski definition) is 4. The van der Waals surface area contributed by atoms with Gasteiger partial charge in [-0.25, -0.2) is 0 Å². The minimum absolute atomic E-state index is 0.305. The normalized spacial score (nSPS) is 9.64. The van der Waals surface area contributed by atoms with E-state index in [0.717, 1.165) is 0 Å². The van der Waals surface area contributed by atoms with E-state index in [2.05, 4.69) is 25.9 Å². The van der Waals surface area contributed by atoms with Gasteiger partial charge in [-0.05, 0) is 22.9 Å². The molecule has 5 heteroatoms. The van der Waals surface area contributed by atoms with Crippen LogP contribution in [0.4, 0.5) is 5.82 Å². The molecule has 0 atom stereocenters. The molecule has 0 unspecified atom stereocenters. The van der Waals surface area contributed by atoms with E-state index in [9.17, 15) is 0 Å². The molecule has 0 fully saturated rings. The Labute approximate surface area is 72.9 Å². The molecular formula is C6H8BrN3O. The van der Waals surface area contributed by atoms with Gasteiger partial charge in [0.2, 0.25) is 0 Å². The topological polar surface area (TPSA) is 61.0 Å². The maximum absolute atomic E-state index is 5.43. The quantitative estimate of drug-likeness (QED) is 0.758. The third-order valence-corrected chi connectivity index (χ3v) is 1.37. The van der Waals surface area contributed by atoms with Crippen LogP contribution in [-0.4, -0.2) is 16.6 Å². The maximum atomic E-state index is 5.43. The average Bonchev–Trinajstić information content (AvgIpc) is 1.85. The van der Waals surface area contributed by atoms with Gasteiger partial charge in [-0.15, -0.1) is 0 Å². The Morgan fingerprint density at radius 3 is 2.91 bits per heavy atom. The van der Waals surface area contributed by atoms with Crippen LogP contribution in [0.25, 0.3) is 0 Å². The standard InChI is InChI=1S/C6H8BrN3O/c1-2-11-6-9-4(7)3-5(8)10-6/h3H,2H2,1H3,(H2,8,9,10). The molecule has 0 bridgehead atoms. The highest BCUT2D eigenvalue weighted by Gasteiger charge is 1.99. The maximum Gasteiger partial charge on any atom is 0.319 e. The van der Waals surface area contributed by atoms with Crippen LogP contribution in [0.1, 0.15) is 6.92 Å². The number of rotatable bonds is 2. The predicted molar refractivity (Wildman–Crippen MR) is 45.3 cm³/mol. The van der Waals surface area contributed by atoms with Gasteiger partial charge in [0.05, 0.1) is 6.61 Å². The summed E-state index contributed by atoms with van der Waals surface area (Å²) in [6, 6.07) is 1.92. The monoisotopic (exact) mass is 217 g/mol. The second-order valence-electron chi connectivity index (χ2n) is 1.83. The highest BCUT2D eigenvalue weighted by Crippen LogP contribution is 2.13. The van der Waals surface area contributed by atoms with Crippen molar-refractivity contribution in [3.05, 3.63) is 10.7 Å². The van der Waals surface area contributed by atoms with Gasteiger partial charge < -0.3 is 10.5 Å². The molecule has 0 spiro atoms. The van der Waals surface area contributed by atoms with Crippen LogP contribution in [0, 0.1) is 0 Å². The molecular weight excluding hydrogens is 210 g/mol. The molecule has 2 N–H and O–H groups in total. The van der Waals surface area contributed by atoms with Crippen molar-refractivity contribution in [2.24, 2.45) is 0 Å². The summed E-state index contributed by atoms with van der Waals surface area (Å²) in [6.45, 7) is 2.40. The molecule has 0 saturated heterocycles. The van der Waals surface area contributed by atoms with Crippen LogP contribution in [0.15, 0.2) is 10.7 Å². The number of nitrogen functional groups attached to an aromatic ring is 1. The van der Waals surface area contributed by atoms with E-state index in [4.69, 9.17) is 10.5 Å². The largest absolute Gasteiger partial charge is 0.464 e. The number of nitrogens with two attached hydrogens (primary N) is 1. The van der Waals surface area contributed by atoms with Crippen molar-refractivity contribution in [2.75, 3.05) is 12.3 Å². The fourth-order valence-corrected chi connectivity index (χ4v) is 0.993. The number of ether oxygens (including phenoxy) is 1. The molecule has 1 aromatic rings. The van der Waals surface area contributed by atoms with Crippen LogP contribution in [0.5, 0.6) is 6.01 Å². The zero-order valence-electron chi connectivity index (χ0n) is 6.04. The summed E-state index contributed by atoms with van der Waals surface area (Å²) >= 11 is 3.17. The molecule has 0 aromatic carbocycles. The van der Waals surface area contributed by atoms with Crippen molar-refractivity contribution < 1.29 is 4.74 Å². The summed E-state index contributed by atoms with van der Waals surface area (Å²) in [4.78, 5) is 7.77. The van der Waals surface area contributed by atoms with Crippen molar-refractivity contribution >= 4 is 21.7 Å². The first-order chi connectivity index (χ1) is 5.22. The van der Waals surface area contributed by atoms with Gasteiger partial charge in [0.25, 0.3) is 0 Å². The minimum Gasteiger partial charge on any atom is -0.464 e. The zero-order valence-corrected chi connectivity index (χ0v) is 7.63. The second-order valence-corrected chi connectivity index (χ2v) is 2.64. The number of nitrogens with zero attached hydrogens (tertiary/aromatic N) is 2. The van der Waals surface area contributed by atoms with E-state index in [1.807, 2.05) is 6.92 Å². The Bertz CT molecular complexity index is 233. The molecule has 1 rings (SSSR count). The van der Waals surface area contributed by atoms with E-state index in [-0.39, 0.29) is 0 Å². The number of anilines is 1. The second kappa shape index (κ2) is 3.52. The lowest BCUT2D eigenvalue weighted by atomic mass is 10.6. The smallest absolute Gasteiger partial charge is 0.319 e. The van der Waals surface area contributed by atoms with Crippen molar-refractivity contribution in [2.45, 2.75) is 6.92 Å². The molecule has 1 heterocycles. The highest BCUT2D eigenvalue weighted by molar-refractivity contribution is 9.10. The fourth-order valence-electron chi connectivity index (χ4n) is 0.607. The Balaban J connectivity index is 2.89. The zero-order chi connectivity index (χ0) is 8.27. The lowest BCUT2D eigenvalue weighted by Gasteiger charge is -2.00. The van der Waals surface area contributed by atoms with Gasteiger partial charge in [0, 0.05) is 6.07 Å². The van der Waals surface area contributed by atoms with E-state index in [1.54, 1.807) is 6.07 Å². The average molecular weight is 218 g/mol. The first-order valence-corrected chi connectivity index (χ1v) is 3.94. The number of halogens is 1. The highest BCUT2D eigenvalue weighted by atomic mass is 79.9. The van der Waals surface area contributed by atoms with E-state index >= 15 is 0 Å². The molecule has 11 heavy (non-hydrogen) atoms. The number of hydrogen-bond donors (Lipinski definition) is 1. The van der Waals surface area contributed by atoms with Gasteiger partial charge in [0.15, 0.2) is 0 Å². The van der Waals surface area contributed by atoms with Gasteiger partial charge >= 0.3 is 6.01 Å². The molecule has 0 radical (unpaired) electrons. The third-order valence-electron chi connectivity index (χ3n) is 0.968. The van der Waals surface area contributed by atoms with Crippen molar-refractivity contribution in [1.82, 2.24) is 9.97 Å². The van der Waals surface area contributed by atoms with E-state index in [1.165, 1.54) is 0 Å². The molecule has 0 saturated carbocycles. The van der Waals surface area contributed by atoms with Gasteiger partial charge in [-0.3, -0.25) is 0 Å². The van der Waals surface area contributed by atoms with Crippen LogP contribution in [0.3, 0.4) is 0 Å². The summed E-state index contributed by atoms with van der Waals surface area (Å²) in [5, 5.41) is 0. The summed E-state index contributed by atoms with van der Waals surface area (Å²) in [5.41, 5.74) is 5.43. The van der Waals surface area contributed by atoms with E-state index < -0.39 is 0 Å². The van der Waals surface area contributed by atoms with Crippen molar-refractivity contribution in [3.63, 3.8) is 0 Å². The molecule has 0 aliphatic heterocycles. The van der Waals surface area contributed by atoms with Crippen LogP contribution < -0.4 is 10.5 Å². The first kappa shape index (κ1) is 8.26. The van der Waals surface area contributed by atoms with Crippen molar-refractivity contribution in [3.8, 4) is 6.01 Å².